The smallest absolute Gasteiger partial charge is 0.338 e. The molecule has 0 aliphatic carbocycles. The topological polar surface area (TPSA) is 55.4 Å². The summed E-state index contributed by atoms with van der Waals surface area (Å²) in [5, 5.41) is 2.58. The molecular formula is C13H16FNO3. The predicted octanol–water partition coefficient (Wildman–Crippen LogP) is 1.82. The number of aryl methyl sites for hydroxylation is 1. The molecule has 1 aromatic rings. The first-order chi connectivity index (χ1) is 8.40. The van der Waals surface area contributed by atoms with Crippen LogP contribution in [0, 0.1) is 12.7 Å². The molecule has 0 aromatic heterocycles. The zero-order valence-electron chi connectivity index (χ0n) is 10.6. The van der Waals surface area contributed by atoms with Gasteiger partial charge in [-0.1, -0.05) is 6.07 Å². The molecule has 0 aliphatic heterocycles. The van der Waals surface area contributed by atoms with E-state index in [1.807, 2.05) is 0 Å². The van der Waals surface area contributed by atoms with Crippen molar-refractivity contribution in [2.75, 3.05) is 6.61 Å². The van der Waals surface area contributed by atoms with Crippen LogP contribution in [-0.4, -0.2) is 24.5 Å². The largest absolute Gasteiger partial charge is 0.452 e. The third-order valence-electron chi connectivity index (χ3n) is 2.19. The number of hydrogen-bond donors (Lipinski definition) is 1. The predicted molar refractivity (Wildman–Crippen MR) is 64.7 cm³/mol. The van der Waals surface area contributed by atoms with Crippen molar-refractivity contribution in [2.24, 2.45) is 0 Å². The van der Waals surface area contributed by atoms with Crippen LogP contribution in [0.3, 0.4) is 0 Å². The Morgan fingerprint density at radius 3 is 2.61 bits per heavy atom. The number of amides is 1. The number of carbonyl (C=O) groups excluding carboxylic acids is 2. The highest BCUT2D eigenvalue weighted by atomic mass is 19.1. The van der Waals surface area contributed by atoms with E-state index < -0.39 is 11.8 Å². The Hall–Kier alpha value is -1.91. The molecule has 0 aliphatic rings. The summed E-state index contributed by atoms with van der Waals surface area (Å²) in [6.07, 6.45) is 0. The van der Waals surface area contributed by atoms with Crippen LogP contribution in [0.4, 0.5) is 4.39 Å². The monoisotopic (exact) mass is 253 g/mol. The Morgan fingerprint density at radius 1 is 1.39 bits per heavy atom. The maximum Gasteiger partial charge on any atom is 0.338 e. The lowest BCUT2D eigenvalue weighted by Crippen LogP contribution is -2.34. The van der Waals surface area contributed by atoms with Gasteiger partial charge < -0.3 is 10.1 Å². The van der Waals surface area contributed by atoms with Crippen molar-refractivity contribution >= 4 is 11.9 Å². The van der Waals surface area contributed by atoms with Gasteiger partial charge in [0.25, 0.3) is 5.91 Å². The van der Waals surface area contributed by atoms with Crippen LogP contribution in [0.2, 0.25) is 0 Å². The molecule has 0 saturated carbocycles. The van der Waals surface area contributed by atoms with Gasteiger partial charge in [0.2, 0.25) is 0 Å². The molecule has 1 amide bonds. The Morgan fingerprint density at radius 2 is 2.06 bits per heavy atom. The van der Waals surface area contributed by atoms with E-state index >= 15 is 0 Å². The number of benzene rings is 1. The molecule has 0 unspecified atom stereocenters. The third-order valence-corrected chi connectivity index (χ3v) is 2.19. The Balaban J connectivity index is 2.55. The first-order valence-electron chi connectivity index (χ1n) is 5.62. The van der Waals surface area contributed by atoms with Gasteiger partial charge in [0.1, 0.15) is 5.82 Å². The molecule has 1 N–H and O–H groups in total. The zero-order chi connectivity index (χ0) is 13.7. The van der Waals surface area contributed by atoms with E-state index in [9.17, 15) is 14.0 Å². The van der Waals surface area contributed by atoms with Gasteiger partial charge in [-0.3, -0.25) is 4.79 Å². The molecule has 0 saturated heterocycles. The van der Waals surface area contributed by atoms with Crippen LogP contribution in [-0.2, 0) is 9.53 Å². The Labute approximate surface area is 105 Å². The number of halogens is 1. The molecule has 1 rings (SSSR count). The third kappa shape index (κ3) is 4.16. The summed E-state index contributed by atoms with van der Waals surface area (Å²) in [5.41, 5.74) is 0.541. The fraction of sp³-hybridized carbons (Fsp3) is 0.385. The van der Waals surface area contributed by atoms with E-state index in [4.69, 9.17) is 4.74 Å². The van der Waals surface area contributed by atoms with E-state index in [2.05, 4.69) is 5.32 Å². The first kappa shape index (κ1) is 14.2. The fourth-order valence-corrected chi connectivity index (χ4v) is 1.30. The van der Waals surface area contributed by atoms with Gasteiger partial charge in [-0.05, 0) is 38.5 Å². The lowest BCUT2D eigenvalue weighted by molar-refractivity contribution is -0.124. The molecule has 0 radical (unpaired) electrons. The van der Waals surface area contributed by atoms with Crippen molar-refractivity contribution in [3.8, 4) is 0 Å². The van der Waals surface area contributed by atoms with E-state index in [1.54, 1.807) is 20.8 Å². The Kier molecular flexibility index (Phi) is 4.83. The van der Waals surface area contributed by atoms with Gasteiger partial charge in [-0.25, -0.2) is 9.18 Å². The van der Waals surface area contributed by atoms with Gasteiger partial charge in [-0.2, -0.15) is 0 Å². The lowest BCUT2D eigenvalue weighted by Gasteiger charge is -2.09. The van der Waals surface area contributed by atoms with Crippen LogP contribution in [0.25, 0.3) is 0 Å². The molecule has 18 heavy (non-hydrogen) atoms. The molecule has 98 valence electrons. The maximum atomic E-state index is 13.2. The highest BCUT2D eigenvalue weighted by Crippen LogP contribution is 2.10. The zero-order valence-corrected chi connectivity index (χ0v) is 10.6. The van der Waals surface area contributed by atoms with Crippen LogP contribution >= 0.6 is 0 Å². The molecule has 0 fully saturated rings. The van der Waals surface area contributed by atoms with E-state index in [0.29, 0.717) is 5.56 Å². The number of rotatable bonds is 4. The van der Waals surface area contributed by atoms with Gasteiger partial charge in [-0.15, -0.1) is 0 Å². The molecule has 1 aromatic carbocycles. The normalized spacial score (nSPS) is 10.3. The molecule has 4 nitrogen and oxygen atoms in total. The van der Waals surface area contributed by atoms with Crippen LogP contribution in [0.15, 0.2) is 18.2 Å². The second-order valence-corrected chi connectivity index (χ2v) is 4.26. The molecule has 0 spiro atoms. The number of ether oxygens (including phenoxy) is 1. The van der Waals surface area contributed by atoms with Gasteiger partial charge in [0, 0.05) is 6.04 Å². The first-order valence-corrected chi connectivity index (χ1v) is 5.62. The number of esters is 1. The van der Waals surface area contributed by atoms with Crippen LogP contribution < -0.4 is 5.32 Å². The SMILES string of the molecule is Cc1ccc(C(=O)OCC(=O)NC(C)C)cc1F. The summed E-state index contributed by atoms with van der Waals surface area (Å²) < 4.78 is 18.0. The average molecular weight is 253 g/mol. The number of carbonyl (C=O) groups is 2. The molecule has 5 heteroatoms. The molecule has 0 heterocycles. The van der Waals surface area contributed by atoms with Crippen molar-refractivity contribution in [3.05, 3.63) is 35.1 Å². The minimum absolute atomic E-state index is 0.0204. The van der Waals surface area contributed by atoms with E-state index in [-0.39, 0.29) is 24.1 Å². The summed E-state index contributed by atoms with van der Waals surface area (Å²) in [6.45, 7) is 4.83. The highest BCUT2D eigenvalue weighted by molar-refractivity contribution is 5.91. The average Bonchev–Trinajstić information content (AvgIpc) is 2.28. The van der Waals surface area contributed by atoms with Gasteiger partial charge >= 0.3 is 5.97 Å². The van der Waals surface area contributed by atoms with E-state index in [0.717, 1.165) is 6.07 Å². The maximum absolute atomic E-state index is 13.2. The van der Waals surface area contributed by atoms with Crippen molar-refractivity contribution < 1.29 is 18.7 Å². The van der Waals surface area contributed by atoms with Gasteiger partial charge in [0.05, 0.1) is 5.56 Å². The molecular weight excluding hydrogens is 237 g/mol. The van der Waals surface area contributed by atoms with Crippen LogP contribution in [0.1, 0.15) is 29.8 Å². The second-order valence-electron chi connectivity index (χ2n) is 4.26. The molecule has 0 bridgehead atoms. The van der Waals surface area contributed by atoms with Crippen LogP contribution in [0.5, 0.6) is 0 Å². The number of hydrogen-bond acceptors (Lipinski definition) is 3. The summed E-state index contributed by atoms with van der Waals surface area (Å²) in [6, 6.07) is 4.02. The second kappa shape index (κ2) is 6.14. The summed E-state index contributed by atoms with van der Waals surface area (Å²) in [5.74, 6) is -1.57. The summed E-state index contributed by atoms with van der Waals surface area (Å²) in [7, 11) is 0. The highest BCUT2D eigenvalue weighted by Gasteiger charge is 2.12. The standard InChI is InChI=1S/C13H16FNO3/c1-8(2)15-12(16)7-18-13(17)10-5-4-9(3)11(14)6-10/h4-6,8H,7H2,1-3H3,(H,15,16). The quantitative estimate of drug-likeness (QED) is 0.833. The number of nitrogens with one attached hydrogen (secondary N) is 1. The minimum Gasteiger partial charge on any atom is -0.452 e. The summed E-state index contributed by atoms with van der Waals surface area (Å²) >= 11 is 0. The van der Waals surface area contributed by atoms with E-state index in [1.165, 1.54) is 12.1 Å². The Bertz CT molecular complexity index is 458. The van der Waals surface area contributed by atoms with Crippen molar-refractivity contribution in [2.45, 2.75) is 26.8 Å². The minimum atomic E-state index is -0.715. The van der Waals surface area contributed by atoms with Crippen molar-refractivity contribution in [1.82, 2.24) is 5.32 Å². The lowest BCUT2D eigenvalue weighted by atomic mass is 10.1. The van der Waals surface area contributed by atoms with Crippen molar-refractivity contribution in [1.29, 1.82) is 0 Å². The molecule has 0 atom stereocenters. The van der Waals surface area contributed by atoms with Crippen molar-refractivity contribution in [3.63, 3.8) is 0 Å². The summed E-state index contributed by atoms with van der Waals surface area (Å²) in [4.78, 5) is 22.8. The fourth-order valence-electron chi connectivity index (χ4n) is 1.30. The van der Waals surface area contributed by atoms with Gasteiger partial charge in [0.15, 0.2) is 6.61 Å².